The maximum atomic E-state index is 12.8. The van der Waals surface area contributed by atoms with Crippen LogP contribution in [0.4, 0.5) is 4.79 Å². The lowest BCUT2D eigenvalue weighted by Crippen LogP contribution is -2.51. The summed E-state index contributed by atoms with van der Waals surface area (Å²) in [7, 11) is 0. The van der Waals surface area contributed by atoms with Crippen molar-refractivity contribution in [3.8, 4) is 5.75 Å². The number of rotatable bonds is 5. The van der Waals surface area contributed by atoms with Crippen LogP contribution in [0, 0.1) is 0 Å². The average molecular weight is 377 g/mol. The fourth-order valence-corrected chi connectivity index (χ4v) is 4.27. The topological polar surface area (TPSA) is 38.8 Å². The number of piperidine rings is 1. The highest BCUT2D eigenvalue weighted by atomic mass is 16.6. The Hall–Kier alpha value is -2.75. The molecule has 2 aromatic rings. The van der Waals surface area contributed by atoms with E-state index in [2.05, 4.69) is 18.2 Å². The average Bonchev–Trinajstić information content (AvgIpc) is 2.72. The lowest BCUT2D eigenvalue weighted by atomic mass is 9.83. The first-order valence-corrected chi connectivity index (χ1v) is 10.2. The lowest BCUT2D eigenvalue weighted by molar-refractivity contribution is 0.0510. The smallest absolute Gasteiger partial charge is 0.410 e. The highest BCUT2D eigenvalue weighted by Gasteiger charge is 2.38. The highest BCUT2D eigenvalue weighted by Crippen LogP contribution is 2.38. The van der Waals surface area contributed by atoms with E-state index in [0.29, 0.717) is 13.2 Å². The number of ether oxygens (including phenoxy) is 2. The minimum atomic E-state index is -0.197. The van der Waals surface area contributed by atoms with E-state index in [4.69, 9.17) is 9.47 Å². The number of hydrogen-bond donors (Lipinski definition) is 0. The molecule has 146 valence electrons. The van der Waals surface area contributed by atoms with Crippen LogP contribution in [0.1, 0.15) is 43.7 Å². The van der Waals surface area contributed by atoms with Crippen molar-refractivity contribution in [3.63, 3.8) is 0 Å². The third-order valence-electron chi connectivity index (χ3n) is 5.57. The largest absolute Gasteiger partial charge is 0.494 e. The van der Waals surface area contributed by atoms with E-state index in [-0.39, 0.29) is 18.2 Å². The Balaban J connectivity index is 1.49. The van der Waals surface area contributed by atoms with E-state index in [1.807, 2.05) is 54.3 Å². The molecule has 2 unspecified atom stereocenters. The molecule has 28 heavy (non-hydrogen) atoms. The minimum absolute atomic E-state index is 0.113. The van der Waals surface area contributed by atoms with Crippen LogP contribution in [0.2, 0.25) is 0 Å². The second-order valence-electron chi connectivity index (χ2n) is 7.46. The zero-order chi connectivity index (χ0) is 19.3. The molecule has 1 saturated heterocycles. The standard InChI is InChI=1S/C24H27NO3/c1-2-27-23-13-6-10-19(16-23)20-14-21-11-7-12-22(15-20)25(21)24(26)28-17-18-8-4-3-5-9-18/h3-6,8-10,13-14,16,21-22H,2,7,11-12,15,17H2,1H3. The molecule has 2 bridgehead atoms. The normalized spacial score (nSPS) is 21.0. The molecule has 1 fully saturated rings. The molecule has 0 spiro atoms. The van der Waals surface area contributed by atoms with E-state index in [1.54, 1.807) is 0 Å². The Morgan fingerprint density at radius 1 is 1.11 bits per heavy atom. The zero-order valence-electron chi connectivity index (χ0n) is 16.3. The van der Waals surface area contributed by atoms with Crippen LogP contribution in [-0.2, 0) is 11.3 Å². The van der Waals surface area contributed by atoms with E-state index in [1.165, 1.54) is 11.1 Å². The second kappa shape index (κ2) is 8.51. The zero-order valence-corrected chi connectivity index (χ0v) is 16.3. The van der Waals surface area contributed by atoms with Crippen LogP contribution < -0.4 is 4.74 Å². The van der Waals surface area contributed by atoms with Crippen LogP contribution in [0.3, 0.4) is 0 Å². The minimum Gasteiger partial charge on any atom is -0.494 e. The van der Waals surface area contributed by atoms with Gasteiger partial charge < -0.3 is 9.47 Å². The van der Waals surface area contributed by atoms with E-state index >= 15 is 0 Å². The van der Waals surface area contributed by atoms with Crippen LogP contribution in [-0.4, -0.2) is 29.7 Å². The first kappa shape index (κ1) is 18.6. The molecule has 2 aliphatic heterocycles. The first-order chi connectivity index (χ1) is 13.7. The van der Waals surface area contributed by atoms with Crippen molar-refractivity contribution in [2.24, 2.45) is 0 Å². The number of carbonyl (C=O) groups excluding carboxylic acids is 1. The Kier molecular flexibility index (Phi) is 5.65. The summed E-state index contributed by atoms with van der Waals surface area (Å²) < 4.78 is 11.3. The van der Waals surface area contributed by atoms with Gasteiger partial charge in [-0.05, 0) is 61.4 Å². The molecule has 1 amide bonds. The molecular formula is C24H27NO3. The van der Waals surface area contributed by atoms with Gasteiger partial charge in [-0.25, -0.2) is 4.79 Å². The van der Waals surface area contributed by atoms with Crippen molar-refractivity contribution in [1.82, 2.24) is 4.90 Å². The van der Waals surface area contributed by atoms with Gasteiger partial charge in [-0.1, -0.05) is 48.5 Å². The van der Waals surface area contributed by atoms with Crippen molar-refractivity contribution in [2.45, 2.75) is 51.3 Å². The third kappa shape index (κ3) is 4.06. The highest BCUT2D eigenvalue weighted by molar-refractivity contribution is 5.75. The molecular weight excluding hydrogens is 350 g/mol. The third-order valence-corrected chi connectivity index (χ3v) is 5.57. The van der Waals surface area contributed by atoms with Gasteiger partial charge in [-0.3, -0.25) is 4.90 Å². The van der Waals surface area contributed by atoms with Crippen molar-refractivity contribution in [3.05, 3.63) is 71.8 Å². The van der Waals surface area contributed by atoms with Crippen LogP contribution in [0.5, 0.6) is 5.75 Å². The molecule has 4 rings (SSSR count). The summed E-state index contributed by atoms with van der Waals surface area (Å²) >= 11 is 0. The van der Waals surface area contributed by atoms with E-state index in [9.17, 15) is 4.79 Å². The first-order valence-electron chi connectivity index (χ1n) is 10.2. The van der Waals surface area contributed by atoms with Gasteiger partial charge in [-0.2, -0.15) is 0 Å². The predicted molar refractivity (Wildman–Crippen MR) is 110 cm³/mol. The van der Waals surface area contributed by atoms with Gasteiger partial charge in [0.05, 0.1) is 12.6 Å². The Morgan fingerprint density at radius 3 is 2.75 bits per heavy atom. The van der Waals surface area contributed by atoms with E-state index in [0.717, 1.165) is 37.0 Å². The molecule has 0 aromatic heterocycles. The quantitative estimate of drug-likeness (QED) is 0.697. The van der Waals surface area contributed by atoms with Crippen molar-refractivity contribution < 1.29 is 14.3 Å². The Labute approximate surface area is 166 Å². The molecule has 2 heterocycles. The van der Waals surface area contributed by atoms with Gasteiger partial charge in [0.1, 0.15) is 12.4 Å². The fourth-order valence-electron chi connectivity index (χ4n) is 4.27. The number of fused-ring (bicyclic) bond motifs is 2. The van der Waals surface area contributed by atoms with Crippen molar-refractivity contribution >= 4 is 11.7 Å². The number of hydrogen-bond acceptors (Lipinski definition) is 3. The fraction of sp³-hybridized carbons (Fsp3) is 0.375. The molecule has 0 saturated carbocycles. The van der Waals surface area contributed by atoms with E-state index < -0.39 is 0 Å². The summed E-state index contributed by atoms with van der Waals surface area (Å²) in [5.41, 5.74) is 3.52. The molecule has 0 radical (unpaired) electrons. The maximum Gasteiger partial charge on any atom is 0.410 e. The van der Waals surface area contributed by atoms with Crippen LogP contribution in [0.15, 0.2) is 60.7 Å². The van der Waals surface area contributed by atoms with Gasteiger partial charge >= 0.3 is 6.09 Å². The molecule has 4 nitrogen and oxygen atoms in total. The summed E-state index contributed by atoms with van der Waals surface area (Å²) in [6.45, 7) is 2.98. The van der Waals surface area contributed by atoms with Crippen molar-refractivity contribution in [2.75, 3.05) is 6.61 Å². The second-order valence-corrected chi connectivity index (χ2v) is 7.46. The van der Waals surface area contributed by atoms with Gasteiger partial charge in [0.25, 0.3) is 0 Å². The Morgan fingerprint density at radius 2 is 1.96 bits per heavy atom. The molecule has 2 aromatic carbocycles. The SMILES string of the molecule is CCOc1cccc(C2=CC3CCCC(C2)N3C(=O)OCc2ccccc2)c1. The van der Waals surface area contributed by atoms with Gasteiger partial charge in [0.2, 0.25) is 0 Å². The predicted octanol–water partition coefficient (Wildman–Crippen LogP) is 5.43. The summed E-state index contributed by atoms with van der Waals surface area (Å²) in [5.74, 6) is 0.899. The van der Waals surface area contributed by atoms with Crippen LogP contribution >= 0.6 is 0 Å². The van der Waals surface area contributed by atoms with Crippen molar-refractivity contribution in [1.29, 1.82) is 0 Å². The monoisotopic (exact) mass is 377 g/mol. The number of benzene rings is 2. The molecule has 4 heteroatoms. The van der Waals surface area contributed by atoms with Crippen LogP contribution in [0.25, 0.3) is 5.57 Å². The number of amides is 1. The molecule has 2 atom stereocenters. The van der Waals surface area contributed by atoms with Gasteiger partial charge in [-0.15, -0.1) is 0 Å². The molecule has 0 N–H and O–H groups in total. The molecule has 2 aliphatic rings. The number of carbonyl (C=O) groups is 1. The summed E-state index contributed by atoms with van der Waals surface area (Å²) in [6.07, 6.45) is 6.10. The summed E-state index contributed by atoms with van der Waals surface area (Å²) in [5, 5.41) is 0. The lowest BCUT2D eigenvalue weighted by Gasteiger charge is -2.44. The summed E-state index contributed by atoms with van der Waals surface area (Å²) in [4.78, 5) is 14.8. The van der Waals surface area contributed by atoms with Gasteiger partial charge in [0, 0.05) is 6.04 Å². The molecule has 0 aliphatic carbocycles. The number of nitrogens with zero attached hydrogens (tertiary/aromatic N) is 1. The Bertz CT molecular complexity index is 846. The van der Waals surface area contributed by atoms with Gasteiger partial charge in [0.15, 0.2) is 0 Å². The summed E-state index contributed by atoms with van der Waals surface area (Å²) in [6, 6.07) is 18.4. The maximum absolute atomic E-state index is 12.8.